The number of hydrogen-bond acceptors (Lipinski definition) is 4. The van der Waals surface area contributed by atoms with Crippen molar-refractivity contribution in [1.29, 1.82) is 5.26 Å². The monoisotopic (exact) mass is 197 g/mol. The Morgan fingerprint density at radius 3 is 2.71 bits per heavy atom. The van der Waals surface area contributed by atoms with Crippen molar-refractivity contribution in [1.82, 2.24) is 4.98 Å². The first-order chi connectivity index (χ1) is 6.61. The molecule has 0 saturated carbocycles. The number of carbonyl (C=O) groups is 1. The number of rotatable bonds is 2. The Labute approximate surface area is 78.0 Å². The normalized spacial score (nSPS) is 9.86. The molecule has 0 bridgehead atoms. The molecule has 0 fully saturated rings. The van der Waals surface area contributed by atoms with E-state index < -0.39 is 17.7 Å². The molecule has 72 valence electrons. The Morgan fingerprint density at radius 2 is 2.29 bits per heavy atom. The Hall–Kier alpha value is -2.03. The number of nitrogen functional groups attached to an aromatic ring is 1. The van der Waals surface area contributed by atoms with Crippen LogP contribution >= 0.6 is 0 Å². The van der Waals surface area contributed by atoms with E-state index in [0.717, 1.165) is 6.20 Å². The number of nitriles is 1. The van der Waals surface area contributed by atoms with E-state index in [1.54, 1.807) is 0 Å². The van der Waals surface area contributed by atoms with Crippen molar-refractivity contribution >= 4 is 12.0 Å². The van der Waals surface area contributed by atoms with Crippen molar-refractivity contribution in [3.05, 3.63) is 23.0 Å². The van der Waals surface area contributed by atoms with Gasteiger partial charge in [-0.3, -0.25) is 4.79 Å². The van der Waals surface area contributed by atoms with Gasteiger partial charge in [-0.2, -0.15) is 5.26 Å². The van der Waals surface area contributed by atoms with Gasteiger partial charge in [0.25, 0.3) is 6.43 Å². The van der Waals surface area contributed by atoms with Crippen LogP contribution in [-0.4, -0.2) is 11.3 Å². The van der Waals surface area contributed by atoms with Crippen molar-refractivity contribution in [3.63, 3.8) is 0 Å². The summed E-state index contributed by atoms with van der Waals surface area (Å²) in [7, 11) is 0. The highest BCUT2D eigenvalue weighted by Gasteiger charge is 2.19. The molecular weight excluding hydrogens is 192 g/mol. The number of nitrogens with zero attached hydrogens (tertiary/aromatic N) is 2. The zero-order valence-corrected chi connectivity index (χ0v) is 6.87. The van der Waals surface area contributed by atoms with Gasteiger partial charge >= 0.3 is 0 Å². The summed E-state index contributed by atoms with van der Waals surface area (Å²) in [5.41, 5.74) is 3.58. The van der Waals surface area contributed by atoms with Gasteiger partial charge in [0.05, 0.1) is 16.8 Å². The van der Waals surface area contributed by atoms with Crippen LogP contribution in [-0.2, 0) is 0 Å². The van der Waals surface area contributed by atoms with E-state index in [9.17, 15) is 13.6 Å². The molecule has 0 spiro atoms. The summed E-state index contributed by atoms with van der Waals surface area (Å²) in [5.74, 6) is 0. The second-order valence-corrected chi connectivity index (χ2v) is 2.41. The van der Waals surface area contributed by atoms with Crippen molar-refractivity contribution < 1.29 is 13.6 Å². The molecule has 14 heavy (non-hydrogen) atoms. The number of nitrogens with two attached hydrogens (primary N) is 1. The lowest BCUT2D eigenvalue weighted by atomic mass is 10.1. The summed E-state index contributed by atoms with van der Waals surface area (Å²) in [6, 6.07) is 1.53. The van der Waals surface area contributed by atoms with Gasteiger partial charge in [0.15, 0.2) is 6.29 Å². The summed E-state index contributed by atoms with van der Waals surface area (Å²) in [6.45, 7) is 0. The Balaban J connectivity index is 3.48. The number of carbonyl (C=O) groups excluding carboxylic acids is 1. The summed E-state index contributed by atoms with van der Waals surface area (Å²) < 4.78 is 24.8. The highest BCUT2D eigenvalue weighted by atomic mass is 19.3. The predicted molar refractivity (Wildman–Crippen MR) is 43.7 cm³/mol. The quantitative estimate of drug-likeness (QED) is 0.724. The highest BCUT2D eigenvalue weighted by Crippen LogP contribution is 2.28. The molecule has 0 radical (unpaired) electrons. The molecule has 1 rings (SSSR count). The molecule has 4 nitrogen and oxygen atoms in total. The van der Waals surface area contributed by atoms with Crippen LogP contribution in [0.3, 0.4) is 0 Å². The van der Waals surface area contributed by atoms with Gasteiger partial charge in [0.2, 0.25) is 0 Å². The molecule has 0 unspecified atom stereocenters. The zero-order chi connectivity index (χ0) is 10.7. The topological polar surface area (TPSA) is 79.8 Å². The molecule has 6 heteroatoms. The second-order valence-electron chi connectivity index (χ2n) is 2.41. The minimum atomic E-state index is -2.90. The van der Waals surface area contributed by atoms with Crippen molar-refractivity contribution in [2.24, 2.45) is 0 Å². The van der Waals surface area contributed by atoms with Crippen LogP contribution in [0.5, 0.6) is 0 Å². The molecule has 0 aliphatic carbocycles. The third-order valence-electron chi connectivity index (χ3n) is 1.64. The molecule has 0 aromatic carbocycles. The lowest BCUT2D eigenvalue weighted by Crippen LogP contribution is -2.05. The Morgan fingerprint density at radius 1 is 1.64 bits per heavy atom. The van der Waals surface area contributed by atoms with Gasteiger partial charge < -0.3 is 5.73 Å². The number of hydrogen-bond donors (Lipinski definition) is 1. The maximum absolute atomic E-state index is 12.4. The smallest absolute Gasteiger partial charge is 0.267 e. The summed E-state index contributed by atoms with van der Waals surface area (Å²) in [5, 5.41) is 8.49. The molecule has 0 saturated heterocycles. The molecule has 0 atom stereocenters. The van der Waals surface area contributed by atoms with E-state index in [2.05, 4.69) is 4.98 Å². The third kappa shape index (κ3) is 1.52. The van der Waals surface area contributed by atoms with E-state index in [-0.39, 0.29) is 17.5 Å². The van der Waals surface area contributed by atoms with Crippen LogP contribution in [0.25, 0.3) is 0 Å². The largest absolute Gasteiger partial charge is 0.396 e. The lowest BCUT2D eigenvalue weighted by molar-refractivity contribution is 0.111. The fourth-order valence-corrected chi connectivity index (χ4v) is 0.974. The molecule has 2 N–H and O–H groups in total. The lowest BCUT2D eigenvalue weighted by Gasteiger charge is -2.07. The Bertz CT molecular complexity index is 412. The standard InChI is InChI=1S/C8H5F2N3O/c9-8(10)6-4(1-11)2-13-5(3-14)7(6)12/h2-3,8H,12H2. The second kappa shape index (κ2) is 3.79. The fourth-order valence-electron chi connectivity index (χ4n) is 0.974. The molecule has 1 aromatic heterocycles. The summed E-state index contributed by atoms with van der Waals surface area (Å²) in [6.07, 6.45) is -1.73. The average molecular weight is 197 g/mol. The number of aromatic nitrogens is 1. The van der Waals surface area contributed by atoms with E-state index in [0.29, 0.717) is 0 Å². The van der Waals surface area contributed by atoms with Crippen LogP contribution in [0.15, 0.2) is 6.20 Å². The molecular formula is C8H5F2N3O. The van der Waals surface area contributed by atoms with Crippen LogP contribution in [0.1, 0.15) is 28.0 Å². The van der Waals surface area contributed by atoms with Gasteiger partial charge in [-0.05, 0) is 0 Å². The van der Waals surface area contributed by atoms with Crippen LogP contribution < -0.4 is 5.73 Å². The maximum Gasteiger partial charge on any atom is 0.267 e. The van der Waals surface area contributed by atoms with Crippen molar-refractivity contribution in [2.45, 2.75) is 6.43 Å². The maximum atomic E-state index is 12.4. The van der Waals surface area contributed by atoms with E-state index in [4.69, 9.17) is 11.0 Å². The first-order valence-corrected chi connectivity index (χ1v) is 3.53. The fraction of sp³-hybridized carbons (Fsp3) is 0.125. The van der Waals surface area contributed by atoms with Crippen LogP contribution in [0, 0.1) is 11.3 Å². The SMILES string of the molecule is N#Cc1cnc(C=O)c(N)c1C(F)F. The molecule has 1 aromatic rings. The third-order valence-corrected chi connectivity index (χ3v) is 1.64. The minimum absolute atomic E-state index is 0.266. The molecule has 1 heterocycles. The minimum Gasteiger partial charge on any atom is -0.396 e. The van der Waals surface area contributed by atoms with Crippen molar-refractivity contribution in [2.75, 3.05) is 5.73 Å². The van der Waals surface area contributed by atoms with Gasteiger partial charge in [-0.1, -0.05) is 0 Å². The number of halogens is 2. The van der Waals surface area contributed by atoms with Gasteiger partial charge in [0.1, 0.15) is 11.8 Å². The number of alkyl halides is 2. The summed E-state index contributed by atoms with van der Waals surface area (Å²) >= 11 is 0. The van der Waals surface area contributed by atoms with Gasteiger partial charge in [-0.15, -0.1) is 0 Å². The average Bonchev–Trinajstić information content (AvgIpc) is 2.16. The Kier molecular flexibility index (Phi) is 2.72. The number of aldehydes is 1. The van der Waals surface area contributed by atoms with Gasteiger partial charge in [0, 0.05) is 6.20 Å². The molecule has 0 aliphatic rings. The van der Waals surface area contributed by atoms with Crippen LogP contribution in [0.4, 0.5) is 14.5 Å². The van der Waals surface area contributed by atoms with E-state index >= 15 is 0 Å². The summed E-state index contributed by atoms with van der Waals surface area (Å²) in [4.78, 5) is 13.8. The van der Waals surface area contributed by atoms with Crippen LogP contribution in [0.2, 0.25) is 0 Å². The first-order valence-electron chi connectivity index (χ1n) is 3.53. The van der Waals surface area contributed by atoms with E-state index in [1.165, 1.54) is 6.07 Å². The highest BCUT2D eigenvalue weighted by molar-refractivity contribution is 5.82. The molecule has 0 amide bonds. The van der Waals surface area contributed by atoms with Crippen molar-refractivity contribution in [3.8, 4) is 6.07 Å². The van der Waals surface area contributed by atoms with E-state index in [1.807, 2.05) is 0 Å². The van der Waals surface area contributed by atoms with Gasteiger partial charge in [-0.25, -0.2) is 13.8 Å². The predicted octanol–water partition coefficient (Wildman–Crippen LogP) is 1.29. The molecule has 0 aliphatic heterocycles. The zero-order valence-electron chi connectivity index (χ0n) is 6.87. The number of pyridine rings is 1. The first kappa shape index (κ1) is 10.1. The number of anilines is 1.